The third-order valence-electron chi connectivity index (χ3n) is 3.82. The van der Waals surface area contributed by atoms with Gasteiger partial charge in [0, 0.05) is 10.6 Å². The van der Waals surface area contributed by atoms with Crippen molar-refractivity contribution in [1.82, 2.24) is 0 Å². The number of hydrogen-bond acceptors (Lipinski definition) is 2. The van der Waals surface area contributed by atoms with E-state index in [0.717, 1.165) is 5.56 Å². The lowest BCUT2D eigenvalue weighted by atomic mass is 10.0. The summed E-state index contributed by atoms with van der Waals surface area (Å²) < 4.78 is 5.90. The van der Waals surface area contributed by atoms with Crippen molar-refractivity contribution in [2.24, 2.45) is 0 Å². The molecule has 0 unspecified atom stereocenters. The van der Waals surface area contributed by atoms with Crippen molar-refractivity contribution >= 4 is 29.2 Å². The standard InChI is InChI=1S/C22H17ClO3/c23-19-11-12-21(26-15-16-7-3-1-4-8-16)18(13-19)14-20(22(24)25)17-9-5-2-6-10-17/h1-14H,15H2,(H,24,25)/b20-14-. The summed E-state index contributed by atoms with van der Waals surface area (Å²) in [6, 6.07) is 23.9. The van der Waals surface area contributed by atoms with Crippen LogP contribution >= 0.6 is 11.6 Å². The van der Waals surface area contributed by atoms with E-state index >= 15 is 0 Å². The lowest BCUT2D eigenvalue weighted by Gasteiger charge is -2.11. The Labute approximate surface area is 157 Å². The minimum absolute atomic E-state index is 0.178. The smallest absolute Gasteiger partial charge is 0.336 e. The number of carboxylic acids is 1. The fourth-order valence-corrected chi connectivity index (χ4v) is 2.72. The van der Waals surface area contributed by atoms with Crippen LogP contribution in [0.3, 0.4) is 0 Å². The molecule has 3 aromatic carbocycles. The summed E-state index contributed by atoms with van der Waals surface area (Å²) in [4.78, 5) is 11.7. The molecule has 0 aliphatic carbocycles. The number of hydrogen-bond donors (Lipinski definition) is 1. The molecule has 0 aromatic heterocycles. The first-order valence-corrected chi connectivity index (χ1v) is 8.48. The highest BCUT2D eigenvalue weighted by Gasteiger charge is 2.12. The van der Waals surface area contributed by atoms with Crippen molar-refractivity contribution in [3.63, 3.8) is 0 Å². The molecule has 0 aliphatic heterocycles. The van der Waals surface area contributed by atoms with Crippen molar-refractivity contribution < 1.29 is 14.6 Å². The van der Waals surface area contributed by atoms with Crippen LogP contribution in [0.15, 0.2) is 78.9 Å². The second kappa shape index (κ2) is 8.37. The minimum Gasteiger partial charge on any atom is -0.488 e. The molecule has 0 heterocycles. The molecule has 0 saturated heterocycles. The van der Waals surface area contributed by atoms with Crippen LogP contribution < -0.4 is 4.74 Å². The van der Waals surface area contributed by atoms with Gasteiger partial charge < -0.3 is 9.84 Å². The Morgan fingerprint density at radius 1 is 0.962 bits per heavy atom. The molecule has 0 saturated carbocycles. The number of ether oxygens (including phenoxy) is 1. The average molecular weight is 365 g/mol. The second-order valence-corrected chi connectivity index (χ2v) is 6.12. The van der Waals surface area contributed by atoms with E-state index in [1.54, 1.807) is 48.5 Å². The van der Waals surface area contributed by atoms with E-state index in [9.17, 15) is 9.90 Å². The first kappa shape index (κ1) is 17.8. The maximum absolute atomic E-state index is 11.7. The van der Waals surface area contributed by atoms with Gasteiger partial charge in [-0.2, -0.15) is 0 Å². The summed E-state index contributed by atoms with van der Waals surface area (Å²) >= 11 is 6.11. The molecule has 0 amide bonds. The predicted molar refractivity (Wildman–Crippen MR) is 104 cm³/mol. The Balaban J connectivity index is 1.95. The normalized spacial score (nSPS) is 11.2. The van der Waals surface area contributed by atoms with Crippen molar-refractivity contribution in [3.05, 3.63) is 101 Å². The first-order valence-electron chi connectivity index (χ1n) is 8.10. The molecule has 3 rings (SSSR count). The van der Waals surface area contributed by atoms with E-state index in [4.69, 9.17) is 16.3 Å². The number of aliphatic carboxylic acids is 1. The number of carboxylic acid groups (broad SMARTS) is 1. The van der Waals surface area contributed by atoms with Gasteiger partial charge in [-0.05, 0) is 35.4 Å². The van der Waals surface area contributed by atoms with Gasteiger partial charge in [-0.25, -0.2) is 4.79 Å². The van der Waals surface area contributed by atoms with Gasteiger partial charge in [-0.3, -0.25) is 0 Å². The third kappa shape index (κ3) is 4.52. The molecule has 130 valence electrons. The zero-order valence-electron chi connectivity index (χ0n) is 13.9. The molecule has 0 fully saturated rings. The first-order chi connectivity index (χ1) is 12.6. The number of benzene rings is 3. The van der Waals surface area contributed by atoms with E-state index in [2.05, 4.69) is 0 Å². The SMILES string of the molecule is O=C(O)/C(=C\c1cc(Cl)ccc1OCc1ccccc1)c1ccccc1. The van der Waals surface area contributed by atoms with Crippen LogP contribution in [0.5, 0.6) is 5.75 Å². The Bertz CT molecular complexity index is 919. The summed E-state index contributed by atoms with van der Waals surface area (Å²) in [5, 5.41) is 10.1. The van der Waals surface area contributed by atoms with Gasteiger partial charge in [0.15, 0.2) is 0 Å². The van der Waals surface area contributed by atoms with Crippen LogP contribution in [0.4, 0.5) is 0 Å². The van der Waals surface area contributed by atoms with Gasteiger partial charge in [-0.1, -0.05) is 72.3 Å². The zero-order chi connectivity index (χ0) is 18.4. The second-order valence-electron chi connectivity index (χ2n) is 5.69. The molecule has 0 spiro atoms. The monoisotopic (exact) mass is 364 g/mol. The fourth-order valence-electron chi connectivity index (χ4n) is 2.54. The van der Waals surface area contributed by atoms with Crippen molar-refractivity contribution in [3.8, 4) is 5.75 Å². The van der Waals surface area contributed by atoms with Gasteiger partial charge in [0.1, 0.15) is 12.4 Å². The lowest BCUT2D eigenvalue weighted by molar-refractivity contribution is -0.130. The number of halogens is 1. The molecule has 4 heteroatoms. The Hall–Kier alpha value is -3.04. The minimum atomic E-state index is -1.01. The van der Waals surface area contributed by atoms with Gasteiger partial charge in [0.05, 0.1) is 5.57 Å². The highest BCUT2D eigenvalue weighted by molar-refractivity contribution is 6.31. The molecule has 0 atom stereocenters. The van der Waals surface area contributed by atoms with Crippen molar-refractivity contribution in [2.45, 2.75) is 6.61 Å². The molecule has 0 aliphatic rings. The maximum Gasteiger partial charge on any atom is 0.336 e. The van der Waals surface area contributed by atoms with Crippen LogP contribution in [0.2, 0.25) is 5.02 Å². The summed E-state index contributed by atoms with van der Waals surface area (Å²) in [5.41, 5.74) is 2.44. The van der Waals surface area contributed by atoms with Gasteiger partial charge in [0.25, 0.3) is 0 Å². The topological polar surface area (TPSA) is 46.5 Å². The van der Waals surface area contributed by atoms with Gasteiger partial charge >= 0.3 is 5.97 Å². The molecular formula is C22H17ClO3. The van der Waals surface area contributed by atoms with Crippen LogP contribution in [-0.4, -0.2) is 11.1 Å². The number of rotatable bonds is 6. The highest BCUT2D eigenvalue weighted by Crippen LogP contribution is 2.28. The summed E-state index contributed by atoms with van der Waals surface area (Å²) in [5.74, 6) is -0.432. The Morgan fingerprint density at radius 2 is 1.62 bits per heavy atom. The Kier molecular flexibility index (Phi) is 5.72. The van der Waals surface area contributed by atoms with Gasteiger partial charge in [0.2, 0.25) is 0 Å². The average Bonchev–Trinajstić information content (AvgIpc) is 2.66. The van der Waals surface area contributed by atoms with Crippen molar-refractivity contribution in [2.75, 3.05) is 0 Å². The summed E-state index contributed by atoms with van der Waals surface area (Å²) in [7, 11) is 0. The van der Waals surface area contributed by atoms with Gasteiger partial charge in [-0.15, -0.1) is 0 Å². The van der Waals surface area contributed by atoms with Crippen LogP contribution in [0, 0.1) is 0 Å². The van der Waals surface area contributed by atoms with Crippen LogP contribution in [0.25, 0.3) is 11.6 Å². The maximum atomic E-state index is 11.7. The van der Waals surface area contributed by atoms with E-state index in [1.807, 2.05) is 36.4 Å². The van der Waals surface area contributed by atoms with E-state index in [-0.39, 0.29) is 5.57 Å². The zero-order valence-corrected chi connectivity index (χ0v) is 14.7. The fraction of sp³-hybridized carbons (Fsp3) is 0.0455. The molecule has 3 aromatic rings. The predicted octanol–water partition coefficient (Wildman–Crippen LogP) is 5.54. The molecular weight excluding hydrogens is 348 g/mol. The largest absolute Gasteiger partial charge is 0.488 e. The molecule has 0 radical (unpaired) electrons. The third-order valence-corrected chi connectivity index (χ3v) is 4.06. The molecule has 3 nitrogen and oxygen atoms in total. The van der Waals surface area contributed by atoms with E-state index in [0.29, 0.717) is 28.5 Å². The summed E-state index contributed by atoms with van der Waals surface area (Å²) in [6.07, 6.45) is 1.59. The van der Waals surface area contributed by atoms with Crippen LogP contribution in [0.1, 0.15) is 16.7 Å². The molecule has 26 heavy (non-hydrogen) atoms. The highest BCUT2D eigenvalue weighted by atomic mass is 35.5. The van der Waals surface area contributed by atoms with E-state index in [1.165, 1.54) is 0 Å². The lowest BCUT2D eigenvalue weighted by Crippen LogP contribution is -2.01. The summed E-state index contributed by atoms with van der Waals surface area (Å²) in [6.45, 7) is 0.386. The molecule has 1 N–H and O–H groups in total. The van der Waals surface area contributed by atoms with Crippen molar-refractivity contribution in [1.29, 1.82) is 0 Å². The van der Waals surface area contributed by atoms with Crippen LogP contribution in [-0.2, 0) is 11.4 Å². The van der Waals surface area contributed by atoms with E-state index < -0.39 is 5.97 Å². The number of carbonyl (C=O) groups is 1. The Morgan fingerprint density at radius 3 is 2.27 bits per heavy atom. The molecule has 0 bridgehead atoms. The quantitative estimate of drug-likeness (QED) is 0.461.